The summed E-state index contributed by atoms with van der Waals surface area (Å²) in [6.45, 7) is 6.90. The van der Waals surface area contributed by atoms with Gasteiger partial charge in [-0.2, -0.15) is 0 Å². The van der Waals surface area contributed by atoms with Crippen molar-refractivity contribution in [2.75, 3.05) is 13.0 Å². The third-order valence-corrected chi connectivity index (χ3v) is 2.26. The highest BCUT2D eigenvalue weighted by atomic mass is 35.5. The van der Waals surface area contributed by atoms with Crippen molar-refractivity contribution < 1.29 is 19.1 Å². The second-order valence-electron chi connectivity index (χ2n) is 4.66. The molecule has 0 saturated heterocycles. The summed E-state index contributed by atoms with van der Waals surface area (Å²) in [5.74, 6) is -0.499. The molecular weight excluding hydrogens is 246 g/mol. The van der Waals surface area contributed by atoms with Gasteiger partial charge in [0.2, 0.25) is 0 Å². The van der Waals surface area contributed by atoms with Crippen molar-refractivity contribution in [3.63, 3.8) is 0 Å². The number of Topliss-reactive ketones (excluding diaryl/α,β-unsaturated/α-hetero) is 1. The molecule has 1 amide bonds. The molecule has 1 N–H and O–H groups in total. The molecule has 0 aromatic rings. The first kappa shape index (κ1) is 16.2. The lowest BCUT2D eigenvalue weighted by Gasteiger charge is -2.25. The molecule has 0 fully saturated rings. The first-order chi connectivity index (χ1) is 7.71. The molecular formula is C11H20ClNO4. The van der Waals surface area contributed by atoms with E-state index in [1.54, 1.807) is 27.7 Å². The Morgan fingerprint density at radius 2 is 1.88 bits per heavy atom. The Morgan fingerprint density at radius 3 is 2.24 bits per heavy atom. The van der Waals surface area contributed by atoms with Gasteiger partial charge < -0.3 is 14.8 Å². The van der Waals surface area contributed by atoms with E-state index in [0.29, 0.717) is 0 Å². The van der Waals surface area contributed by atoms with Gasteiger partial charge in [-0.05, 0) is 27.7 Å². The smallest absolute Gasteiger partial charge is 0.408 e. The highest BCUT2D eigenvalue weighted by Crippen LogP contribution is 2.08. The van der Waals surface area contributed by atoms with Crippen LogP contribution in [0.5, 0.6) is 0 Å². The summed E-state index contributed by atoms with van der Waals surface area (Å²) in [4.78, 5) is 23.1. The number of carbonyl (C=O) groups excluding carboxylic acids is 2. The number of carbonyl (C=O) groups is 2. The van der Waals surface area contributed by atoms with Crippen molar-refractivity contribution in [3.05, 3.63) is 0 Å². The molecule has 0 aromatic carbocycles. The number of alkyl carbamates (subject to hydrolysis) is 1. The van der Waals surface area contributed by atoms with Gasteiger partial charge in [0.1, 0.15) is 11.6 Å². The molecule has 0 aliphatic rings. The van der Waals surface area contributed by atoms with E-state index in [9.17, 15) is 9.59 Å². The van der Waals surface area contributed by atoms with Gasteiger partial charge in [-0.15, -0.1) is 11.6 Å². The summed E-state index contributed by atoms with van der Waals surface area (Å²) in [5, 5.41) is 2.45. The van der Waals surface area contributed by atoms with Gasteiger partial charge in [0.05, 0.1) is 12.0 Å². The highest BCUT2D eigenvalue weighted by Gasteiger charge is 2.28. The van der Waals surface area contributed by atoms with Crippen LogP contribution in [0.15, 0.2) is 0 Å². The Balaban J connectivity index is 4.54. The molecule has 0 rings (SSSR count). The molecule has 0 saturated carbocycles. The van der Waals surface area contributed by atoms with Crippen molar-refractivity contribution >= 4 is 23.5 Å². The number of rotatable bonds is 5. The quantitative estimate of drug-likeness (QED) is 0.769. The minimum atomic E-state index is -0.799. The SMILES string of the molecule is COC(C)C(NC(=O)OC(C)(C)C)C(=O)CCl. The van der Waals surface area contributed by atoms with Crippen LogP contribution in [0.1, 0.15) is 27.7 Å². The van der Waals surface area contributed by atoms with Crippen molar-refractivity contribution in [2.45, 2.75) is 45.4 Å². The zero-order valence-electron chi connectivity index (χ0n) is 10.9. The lowest BCUT2D eigenvalue weighted by molar-refractivity contribution is -0.121. The van der Waals surface area contributed by atoms with Crippen LogP contribution in [-0.2, 0) is 14.3 Å². The van der Waals surface area contributed by atoms with Gasteiger partial charge in [0.15, 0.2) is 5.78 Å². The lowest BCUT2D eigenvalue weighted by Crippen LogP contribution is -2.50. The van der Waals surface area contributed by atoms with E-state index in [1.807, 2.05) is 0 Å². The number of methoxy groups -OCH3 is 1. The number of nitrogens with one attached hydrogen (secondary N) is 1. The standard InChI is InChI=1S/C11H20ClNO4/c1-7(16-5)9(8(14)6-12)13-10(15)17-11(2,3)4/h7,9H,6H2,1-5H3,(H,13,15). The Hall–Kier alpha value is -0.810. The van der Waals surface area contributed by atoms with E-state index >= 15 is 0 Å². The lowest BCUT2D eigenvalue weighted by atomic mass is 10.1. The second kappa shape index (κ2) is 6.81. The van der Waals surface area contributed by atoms with E-state index in [0.717, 1.165) is 0 Å². The van der Waals surface area contributed by atoms with E-state index < -0.39 is 23.8 Å². The number of alkyl halides is 1. The first-order valence-corrected chi connectivity index (χ1v) is 5.85. The fourth-order valence-corrected chi connectivity index (χ4v) is 1.28. The molecule has 0 aliphatic heterocycles. The minimum absolute atomic E-state index is 0.186. The third-order valence-electron chi connectivity index (χ3n) is 1.99. The van der Waals surface area contributed by atoms with Crippen LogP contribution in [0.3, 0.4) is 0 Å². The zero-order chi connectivity index (χ0) is 13.6. The van der Waals surface area contributed by atoms with Gasteiger partial charge in [0, 0.05) is 7.11 Å². The van der Waals surface area contributed by atoms with E-state index in [1.165, 1.54) is 7.11 Å². The van der Waals surface area contributed by atoms with E-state index in [4.69, 9.17) is 21.1 Å². The van der Waals surface area contributed by atoms with Gasteiger partial charge >= 0.3 is 6.09 Å². The van der Waals surface area contributed by atoms with E-state index in [2.05, 4.69) is 5.32 Å². The molecule has 6 heteroatoms. The Morgan fingerprint density at radius 1 is 1.35 bits per heavy atom. The van der Waals surface area contributed by atoms with Crippen LogP contribution in [-0.4, -0.2) is 42.6 Å². The average Bonchev–Trinajstić information content (AvgIpc) is 2.21. The van der Waals surface area contributed by atoms with E-state index in [-0.39, 0.29) is 11.7 Å². The number of halogens is 1. The third kappa shape index (κ3) is 6.48. The molecule has 100 valence electrons. The molecule has 17 heavy (non-hydrogen) atoms. The van der Waals surface area contributed by atoms with Crippen LogP contribution in [0.25, 0.3) is 0 Å². The summed E-state index contributed by atoms with van der Waals surface area (Å²) in [6, 6.07) is -0.799. The monoisotopic (exact) mass is 265 g/mol. The predicted octanol–water partition coefficient (Wildman–Crippen LogP) is 1.72. The van der Waals surface area contributed by atoms with Gasteiger partial charge in [-0.3, -0.25) is 4.79 Å². The maximum Gasteiger partial charge on any atom is 0.408 e. The first-order valence-electron chi connectivity index (χ1n) is 5.32. The van der Waals surface area contributed by atoms with Crippen molar-refractivity contribution in [1.29, 1.82) is 0 Å². The number of hydrogen-bond donors (Lipinski definition) is 1. The van der Waals surface area contributed by atoms with Crippen molar-refractivity contribution in [2.24, 2.45) is 0 Å². The summed E-state index contributed by atoms with van der Waals surface area (Å²) in [7, 11) is 1.45. The number of ether oxygens (including phenoxy) is 2. The predicted molar refractivity (Wildman–Crippen MR) is 65.4 cm³/mol. The van der Waals surface area contributed by atoms with Gasteiger partial charge in [-0.25, -0.2) is 4.79 Å². The topological polar surface area (TPSA) is 64.6 Å². The Labute approximate surface area is 107 Å². The maximum absolute atomic E-state index is 11.5. The zero-order valence-corrected chi connectivity index (χ0v) is 11.6. The largest absolute Gasteiger partial charge is 0.444 e. The molecule has 0 aliphatic carbocycles. The molecule has 0 aromatic heterocycles. The fraction of sp³-hybridized carbons (Fsp3) is 0.818. The van der Waals surface area contributed by atoms with Crippen LogP contribution in [0.2, 0.25) is 0 Å². The number of hydrogen-bond acceptors (Lipinski definition) is 4. The van der Waals surface area contributed by atoms with Gasteiger partial charge in [0.25, 0.3) is 0 Å². The Kier molecular flexibility index (Phi) is 6.49. The summed E-state index contributed by atoms with van der Waals surface area (Å²) in [5.41, 5.74) is -0.616. The number of ketones is 1. The normalized spacial score (nSPS) is 14.9. The molecule has 2 unspecified atom stereocenters. The van der Waals surface area contributed by atoms with Crippen molar-refractivity contribution in [3.8, 4) is 0 Å². The molecule has 5 nitrogen and oxygen atoms in total. The molecule has 0 spiro atoms. The fourth-order valence-electron chi connectivity index (χ4n) is 1.11. The second-order valence-corrected chi connectivity index (χ2v) is 4.93. The van der Waals surface area contributed by atoms with Crippen LogP contribution < -0.4 is 5.32 Å². The molecule has 2 atom stereocenters. The molecule has 0 bridgehead atoms. The average molecular weight is 266 g/mol. The van der Waals surface area contributed by atoms with Gasteiger partial charge in [-0.1, -0.05) is 0 Å². The maximum atomic E-state index is 11.5. The summed E-state index contributed by atoms with van der Waals surface area (Å²) >= 11 is 5.47. The van der Waals surface area contributed by atoms with Crippen molar-refractivity contribution in [1.82, 2.24) is 5.32 Å². The summed E-state index contributed by atoms with van der Waals surface area (Å²) < 4.78 is 10.1. The molecule has 0 heterocycles. The van der Waals surface area contributed by atoms with Crippen LogP contribution >= 0.6 is 11.6 Å². The minimum Gasteiger partial charge on any atom is -0.444 e. The van der Waals surface area contributed by atoms with Crippen LogP contribution in [0, 0.1) is 0 Å². The van der Waals surface area contributed by atoms with Crippen LogP contribution in [0.4, 0.5) is 4.79 Å². The number of amides is 1. The highest BCUT2D eigenvalue weighted by molar-refractivity contribution is 6.28. The molecule has 0 radical (unpaired) electrons. The Bertz CT molecular complexity index is 275. The summed E-state index contributed by atoms with van der Waals surface area (Å²) in [6.07, 6.45) is -1.13.